The number of pyridine rings is 1. The van der Waals surface area contributed by atoms with Gasteiger partial charge in [0.05, 0.1) is 5.56 Å². The summed E-state index contributed by atoms with van der Waals surface area (Å²) in [5, 5.41) is 12.1. The van der Waals surface area contributed by atoms with Crippen molar-refractivity contribution < 1.29 is 14.7 Å². The van der Waals surface area contributed by atoms with Crippen LogP contribution in [0.4, 0.5) is 0 Å². The van der Waals surface area contributed by atoms with Crippen molar-refractivity contribution in [3.63, 3.8) is 0 Å². The van der Waals surface area contributed by atoms with Gasteiger partial charge in [-0.05, 0) is 12.1 Å². The van der Waals surface area contributed by atoms with Gasteiger partial charge in [-0.15, -0.1) is 0 Å². The van der Waals surface area contributed by atoms with E-state index in [0.717, 1.165) is 0 Å². The molecule has 2 N–H and O–H groups in total. The molecule has 0 aromatic carbocycles. The van der Waals surface area contributed by atoms with Crippen LogP contribution in [0, 0.1) is 0 Å². The average Bonchev–Trinajstić information content (AvgIpc) is 2.38. The van der Waals surface area contributed by atoms with Crippen LogP contribution in [0.5, 0.6) is 0 Å². The molecule has 0 radical (unpaired) electrons. The zero-order chi connectivity index (χ0) is 13.1. The van der Waals surface area contributed by atoms with Crippen LogP contribution in [0.3, 0.4) is 0 Å². The molecule has 7 heteroatoms. The van der Waals surface area contributed by atoms with Crippen LogP contribution in [-0.2, 0) is 4.79 Å². The molecule has 0 spiro atoms. The number of rotatable bonds is 2. The molecular weight excluding hydrogens is 258 g/mol. The maximum absolute atomic E-state index is 12.2. The van der Waals surface area contributed by atoms with E-state index < -0.39 is 17.9 Å². The van der Waals surface area contributed by atoms with Crippen LogP contribution >= 0.6 is 11.6 Å². The van der Waals surface area contributed by atoms with E-state index in [2.05, 4.69) is 10.3 Å². The fourth-order valence-electron chi connectivity index (χ4n) is 1.87. The number of nitrogens with one attached hydrogen (secondary N) is 1. The number of carboxylic acid groups (broad SMARTS) is 1. The minimum atomic E-state index is -1.03. The molecule has 0 bridgehead atoms. The highest BCUT2D eigenvalue weighted by molar-refractivity contribution is 6.32. The zero-order valence-corrected chi connectivity index (χ0v) is 10.2. The number of hydrogen-bond donors (Lipinski definition) is 2. The molecule has 1 atom stereocenters. The molecule has 6 nitrogen and oxygen atoms in total. The van der Waals surface area contributed by atoms with Gasteiger partial charge < -0.3 is 15.3 Å². The van der Waals surface area contributed by atoms with Crippen LogP contribution in [0.15, 0.2) is 18.3 Å². The van der Waals surface area contributed by atoms with Crippen molar-refractivity contribution in [1.29, 1.82) is 0 Å². The van der Waals surface area contributed by atoms with Gasteiger partial charge in [-0.25, -0.2) is 9.78 Å². The molecule has 1 fully saturated rings. The van der Waals surface area contributed by atoms with Crippen LogP contribution in [0.25, 0.3) is 0 Å². The molecule has 0 aliphatic carbocycles. The maximum atomic E-state index is 12.2. The van der Waals surface area contributed by atoms with Crippen LogP contribution < -0.4 is 5.32 Å². The lowest BCUT2D eigenvalue weighted by Gasteiger charge is -2.33. The van der Waals surface area contributed by atoms with Crippen molar-refractivity contribution in [3.8, 4) is 0 Å². The highest BCUT2D eigenvalue weighted by Gasteiger charge is 2.33. The van der Waals surface area contributed by atoms with Gasteiger partial charge in [0.2, 0.25) is 0 Å². The van der Waals surface area contributed by atoms with Gasteiger partial charge in [0.25, 0.3) is 5.91 Å². The molecule has 1 aliphatic rings. The molecule has 1 aliphatic heterocycles. The minimum Gasteiger partial charge on any atom is -0.480 e. The molecule has 1 saturated heterocycles. The van der Waals surface area contributed by atoms with Crippen molar-refractivity contribution in [2.45, 2.75) is 6.04 Å². The molecular formula is C11H12ClN3O3. The Bertz CT molecular complexity index is 480. The second-order valence-electron chi connectivity index (χ2n) is 3.90. The van der Waals surface area contributed by atoms with E-state index in [9.17, 15) is 9.59 Å². The van der Waals surface area contributed by atoms with E-state index in [0.29, 0.717) is 13.1 Å². The third-order valence-corrected chi connectivity index (χ3v) is 3.08. The summed E-state index contributed by atoms with van der Waals surface area (Å²) in [6.07, 6.45) is 1.48. The lowest BCUT2D eigenvalue weighted by Crippen LogP contribution is -2.57. The first kappa shape index (κ1) is 12.8. The smallest absolute Gasteiger partial charge is 0.327 e. The Kier molecular flexibility index (Phi) is 3.78. The largest absolute Gasteiger partial charge is 0.480 e. The van der Waals surface area contributed by atoms with Gasteiger partial charge in [0.1, 0.15) is 11.2 Å². The topological polar surface area (TPSA) is 82.5 Å². The first-order chi connectivity index (χ1) is 8.61. The summed E-state index contributed by atoms with van der Waals surface area (Å²) in [6.45, 7) is 1.13. The maximum Gasteiger partial charge on any atom is 0.327 e. The molecule has 0 saturated carbocycles. The Morgan fingerprint density at radius 1 is 1.56 bits per heavy atom. The van der Waals surface area contributed by atoms with Gasteiger partial charge in [-0.3, -0.25) is 4.79 Å². The summed E-state index contributed by atoms with van der Waals surface area (Å²) in [5.74, 6) is -1.43. The van der Waals surface area contributed by atoms with Gasteiger partial charge in [-0.2, -0.15) is 0 Å². The number of carbonyl (C=O) groups excluding carboxylic acids is 1. The molecule has 1 aromatic rings. The number of aliphatic carboxylic acids is 1. The van der Waals surface area contributed by atoms with Crippen molar-refractivity contribution in [2.75, 3.05) is 19.6 Å². The Morgan fingerprint density at radius 2 is 2.33 bits per heavy atom. The third-order valence-electron chi connectivity index (χ3n) is 2.78. The van der Waals surface area contributed by atoms with E-state index in [1.165, 1.54) is 11.1 Å². The summed E-state index contributed by atoms with van der Waals surface area (Å²) < 4.78 is 0. The Morgan fingerprint density at radius 3 is 3.00 bits per heavy atom. The molecule has 96 valence electrons. The SMILES string of the molecule is O=C(O)[C@H]1CNCCN1C(=O)c1cccnc1Cl. The molecule has 2 rings (SSSR count). The van der Waals surface area contributed by atoms with Crippen LogP contribution in [0.2, 0.25) is 5.15 Å². The Balaban J connectivity index is 2.27. The lowest BCUT2D eigenvalue weighted by atomic mass is 10.1. The fraction of sp³-hybridized carbons (Fsp3) is 0.364. The standard InChI is InChI=1S/C11H12ClN3O3/c12-9-7(2-1-3-14-9)10(16)15-5-4-13-6-8(15)11(17)18/h1-3,8,13H,4-6H2,(H,17,18)/t8-/m1/s1. The monoisotopic (exact) mass is 269 g/mol. The minimum absolute atomic E-state index is 0.0881. The van der Waals surface area contributed by atoms with Gasteiger partial charge in [0, 0.05) is 25.8 Å². The number of halogens is 1. The molecule has 2 heterocycles. The molecule has 1 amide bonds. The van der Waals surface area contributed by atoms with E-state index in [4.69, 9.17) is 16.7 Å². The van der Waals surface area contributed by atoms with E-state index >= 15 is 0 Å². The Labute approximate surface area is 109 Å². The normalized spacial score (nSPS) is 19.6. The number of carbonyl (C=O) groups is 2. The van der Waals surface area contributed by atoms with Crippen LogP contribution in [-0.4, -0.2) is 52.5 Å². The van der Waals surface area contributed by atoms with Crippen molar-refractivity contribution in [2.24, 2.45) is 0 Å². The number of piperazine rings is 1. The predicted molar refractivity (Wildman–Crippen MR) is 64.6 cm³/mol. The number of aromatic nitrogens is 1. The summed E-state index contributed by atoms with van der Waals surface area (Å²) in [7, 11) is 0. The first-order valence-electron chi connectivity index (χ1n) is 5.46. The second-order valence-corrected chi connectivity index (χ2v) is 4.26. The van der Waals surface area contributed by atoms with Gasteiger partial charge in [-0.1, -0.05) is 11.6 Å². The third kappa shape index (κ3) is 2.44. The van der Waals surface area contributed by atoms with Crippen LogP contribution in [0.1, 0.15) is 10.4 Å². The summed E-state index contributed by atoms with van der Waals surface area (Å²) in [4.78, 5) is 28.5. The summed E-state index contributed by atoms with van der Waals surface area (Å²) >= 11 is 5.84. The lowest BCUT2D eigenvalue weighted by molar-refractivity contribution is -0.142. The number of carboxylic acids is 1. The molecule has 1 aromatic heterocycles. The van der Waals surface area contributed by atoms with Crippen molar-refractivity contribution in [3.05, 3.63) is 29.0 Å². The first-order valence-corrected chi connectivity index (χ1v) is 5.84. The van der Waals surface area contributed by atoms with E-state index in [-0.39, 0.29) is 17.3 Å². The fourth-order valence-corrected chi connectivity index (χ4v) is 2.07. The zero-order valence-electron chi connectivity index (χ0n) is 9.47. The molecule has 0 unspecified atom stereocenters. The average molecular weight is 270 g/mol. The highest BCUT2D eigenvalue weighted by Crippen LogP contribution is 2.16. The second kappa shape index (κ2) is 5.32. The summed E-state index contributed by atoms with van der Waals surface area (Å²) in [6, 6.07) is 2.26. The van der Waals surface area contributed by atoms with Crippen molar-refractivity contribution in [1.82, 2.24) is 15.2 Å². The Hall–Kier alpha value is -1.66. The molecule has 18 heavy (non-hydrogen) atoms. The predicted octanol–water partition coefficient (Wildman–Crippen LogP) is 0.234. The number of hydrogen-bond acceptors (Lipinski definition) is 4. The summed E-state index contributed by atoms with van der Waals surface area (Å²) in [5.41, 5.74) is 0.229. The van der Waals surface area contributed by atoms with E-state index in [1.807, 2.05) is 0 Å². The van der Waals surface area contributed by atoms with Gasteiger partial charge >= 0.3 is 5.97 Å². The highest BCUT2D eigenvalue weighted by atomic mass is 35.5. The number of amides is 1. The number of nitrogens with zero attached hydrogens (tertiary/aromatic N) is 2. The van der Waals surface area contributed by atoms with Gasteiger partial charge in [0.15, 0.2) is 0 Å². The quantitative estimate of drug-likeness (QED) is 0.751. The van der Waals surface area contributed by atoms with Crippen molar-refractivity contribution >= 4 is 23.5 Å². The van der Waals surface area contributed by atoms with E-state index in [1.54, 1.807) is 12.1 Å².